The van der Waals surface area contributed by atoms with Crippen LogP contribution >= 0.6 is 23.2 Å². The molecule has 1 N–H and O–H groups in total. The van der Waals surface area contributed by atoms with Crippen molar-refractivity contribution in [3.63, 3.8) is 0 Å². The first-order valence-corrected chi connectivity index (χ1v) is 10.1. The molecule has 2 aromatic carbocycles. The van der Waals surface area contributed by atoms with Crippen LogP contribution in [-0.4, -0.2) is 41.6 Å². The number of hydrogen-bond acceptors (Lipinski definition) is 3. The Morgan fingerprint density at radius 3 is 2.14 bits per heavy atom. The first-order valence-electron chi connectivity index (χ1n) is 9.37. The van der Waals surface area contributed by atoms with Gasteiger partial charge in [-0.25, -0.2) is 0 Å². The molecule has 7 heteroatoms. The minimum atomic E-state index is -0.833. The monoisotopic (exact) mass is 439 g/mol. The maximum absolute atomic E-state index is 11.9. The van der Waals surface area contributed by atoms with Crippen molar-refractivity contribution in [1.82, 2.24) is 4.90 Å². The van der Waals surface area contributed by atoms with Crippen LogP contribution in [0, 0.1) is 0 Å². The van der Waals surface area contributed by atoms with E-state index in [9.17, 15) is 4.79 Å². The van der Waals surface area contributed by atoms with Gasteiger partial charge in [0.2, 0.25) is 5.91 Å². The number of carboxylic acids is 1. The van der Waals surface area contributed by atoms with Crippen LogP contribution in [0.1, 0.15) is 38.3 Å². The fraction of sp³-hybridized carbons (Fsp3) is 0.364. The molecule has 1 heterocycles. The van der Waals surface area contributed by atoms with Crippen LogP contribution in [0.3, 0.4) is 0 Å². The number of carbonyl (C=O) groups excluding carboxylic acids is 1. The molecule has 0 aromatic heterocycles. The molecule has 0 aliphatic carbocycles. The fourth-order valence-corrected chi connectivity index (χ4v) is 2.86. The summed E-state index contributed by atoms with van der Waals surface area (Å²) in [6, 6.07) is 17.1. The second kappa shape index (κ2) is 14.0. The third kappa shape index (κ3) is 10.3. The second-order valence-corrected chi connectivity index (χ2v) is 7.21. The average Bonchev–Trinajstić information content (AvgIpc) is 2.68. The molecule has 0 spiro atoms. The maximum Gasteiger partial charge on any atom is 0.300 e. The van der Waals surface area contributed by atoms with E-state index in [0.717, 1.165) is 36.9 Å². The number of amides is 1. The van der Waals surface area contributed by atoms with E-state index in [-0.39, 0.29) is 18.6 Å². The topological polar surface area (TPSA) is 66.8 Å². The van der Waals surface area contributed by atoms with Crippen LogP contribution in [0.4, 0.5) is 0 Å². The van der Waals surface area contributed by atoms with Crippen molar-refractivity contribution in [3.05, 3.63) is 70.2 Å². The Morgan fingerprint density at radius 2 is 1.66 bits per heavy atom. The minimum absolute atomic E-state index is 0.0232. The summed E-state index contributed by atoms with van der Waals surface area (Å²) in [5.74, 6) is -0.755. The molecule has 1 unspecified atom stereocenters. The number of aliphatic carboxylic acids is 1. The number of unbranched alkanes of at least 4 members (excludes halogenated alkanes) is 1. The van der Waals surface area contributed by atoms with E-state index in [0.29, 0.717) is 11.6 Å². The molecule has 1 aliphatic heterocycles. The van der Waals surface area contributed by atoms with Gasteiger partial charge in [0.15, 0.2) is 0 Å². The van der Waals surface area contributed by atoms with E-state index >= 15 is 0 Å². The second-order valence-electron chi connectivity index (χ2n) is 6.34. The molecule has 0 bridgehead atoms. The lowest BCUT2D eigenvalue weighted by molar-refractivity contribution is -0.148. The van der Waals surface area contributed by atoms with Gasteiger partial charge in [0.1, 0.15) is 6.61 Å². The predicted molar refractivity (Wildman–Crippen MR) is 116 cm³/mol. The predicted octanol–water partition coefficient (Wildman–Crippen LogP) is 5.47. The van der Waals surface area contributed by atoms with Crippen LogP contribution < -0.4 is 0 Å². The van der Waals surface area contributed by atoms with Gasteiger partial charge in [-0.15, -0.1) is 0 Å². The molecule has 1 amide bonds. The highest BCUT2D eigenvalue weighted by atomic mass is 35.5. The molecule has 1 atom stereocenters. The molecule has 158 valence electrons. The SMILES string of the molecule is CC(=O)O.CCCCN1C(=O)COCC1c1ccc(Cl)cc1.Clc1ccccc1. The normalized spacial score (nSPS) is 15.5. The quantitative estimate of drug-likeness (QED) is 0.685. The number of morpholine rings is 1. The van der Waals surface area contributed by atoms with E-state index in [1.54, 1.807) is 0 Å². The summed E-state index contributed by atoms with van der Waals surface area (Å²) in [5, 5.41) is 8.92. The van der Waals surface area contributed by atoms with Gasteiger partial charge in [-0.05, 0) is 36.2 Å². The number of benzene rings is 2. The maximum atomic E-state index is 11.9. The van der Waals surface area contributed by atoms with Crippen molar-refractivity contribution in [3.8, 4) is 0 Å². The highest BCUT2D eigenvalue weighted by Crippen LogP contribution is 2.26. The molecule has 2 aromatic rings. The zero-order valence-corrected chi connectivity index (χ0v) is 18.2. The third-order valence-electron chi connectivity index (χ3n) is 3.94. The highest BCUT2D eigenvalue weighted by Gasteiger charge is 2.29. The van der Waals surface area contributed by atoms with Crippen molar-refractivity contribution < 1.29 is 19.4 Å². The van der Waals surface area contributed by atoms with E-state index in [4.69, 9.17) is 37.8 Å². The third-order valence-corrected chi connectivity index (χ3v) is 4.44. The Balaban J connectivity index is 0.000000314. The number of rotatable bonds is 4. The number of ether oxygens (including phenoxy) is 1. The standard InChI is InChI=1S/C14H18ClNO2.C6H5Cl.C2H4O2/c1-2-3-8-16-13(9-18-10-14(16)17)11-4-6-12(15)7-5-11;7-6-4-2-1-3-5-6;1-2(3)4/h4-7,13H,2-3,8-10H2,1H3;1-5H;1H3,(H,3,4). The molecule has 1 saturated heterocycles. The zero-order chi connectivity index (χ0) is 21.6. The zero-order valence-electron chi connectivity index (χ0n) is 16.7. The van der Waals surface area contributed by atoms with E-state index in [2.05, 4.69) is 6.92 Å². The Labute approximate surface area is 182 Å². The number of nitrogens with zero attached hydrogens (tertiary/aromatic N) is 1. The molecule has 1 fully saturated rings. The number of halogens is 2. The van der Waals surface area contributed by atoms with Crippen LogP contribution in [0.2, 0.25) is 10.0 Å². The van der Waals surface area contributed by atoms with Crippen LogP contribution in [0.25, 0.3) is 0 Å². The summed E-state index contributed by atoms with van der Waals surface area (Å²) >= 11 is 11.4. The fourth-order valence-electron chi connectivity index (χ4n) is 2.59. The van der Waals surface area contributed by atoms with Gasteiger partial charge in [-0.3, -0.25) is 9.59 Å². The summed E-state index contributed by atoms with van der Waals surface area (Å²) in [6.45, 7) is 4.78. The summed E-state index contributed by atoms with van der Waals surface area (Å²) in [7, 11) is 0. The Morgan fingerprint density at radius 1 is 1.10 bits per heavy atom. The highest BCUT2D eigenvalue weighted by molar-refractivity contribution is 6.30. The molecular formula is C22H27Cl2NO4. The number of carboxylic acid groups (broad SMARTS) is 1. The van der Waals surface area contributed by atoms with Crippen molar-refractivity contribution in [2.45, 2.75) is 32.7 Å². The van der Waals surface area contributed by atoms with E-state index < -0.39 is 5.97 Å². The lowest BCUT2D eigenvalue weighted by Gasteiger charge is -2.35. The smallest absolute Gasteiger partial charge is 0.300 e. The molecule has 0 radical (unpaired) electrons. The Kier molecular flexibility index (Phi) is 12.0. The Hall–Kier alpha value is -2.08. The molecule has 0 saturated carbocycles. The van der Waals surface area contributed by atoms with Gasteiger partial charge in [-0.2, -0.15) is 0 Å². The lowest BCUT2D eigenvalue weighted by atomic mass is 10.0. The number of carbonyl (C=O) groups is 2. The summed E-state index contributed by atoms with van der Waals surface area (Å²) in [6.07, 6.45) is 2.10. The summed E-state index contributed by atoms with van der Waals surface area (Å²) in [5.41, 5.74) is 1.09. The first kappa shape index (κ1) is 25.0. The van der Waals surface area contributed by atoms with E-state index in [1.165, 1.54) is 0 Å². The molecule has 3 rings (SSSR count). The molecule has 5 nitrogen and oxygen atoms in total. The van der Waals surface area contributed by atoms with Gasteiger partial charge < -0.3 is 14.7 Å². The van der Waals surface area contributed by atoms with Crippen molar-refractivity contribution >= 4 is 35.1 Å². The average molecular weight is 440 g/mol. The van der Waals surface area contributed by atoms with Crippen molar-refractivity contribution in [1.29, 1.82) is 0 Å². The van der Waals surface area contributed by atoms with Crippen LogP contribution in [0.5, 0.6) is 0 Å². The van der Waals surface area contributed by atoms with Gasteiger partial charge in [-0.1, -0.05) is 66.9 Å². The van der Waals surface area contributed by atoms with Gasteiger partial charge in [0.25, 0.3) is 5.97 Å². The first-order chi connectivity index (χ1) is 13.8. The van der Waals surface area contributed by atoms with Gasteiger partial charge in [0, 0.05) is 23.5 Å². The summed E-state index contributed by atoms with van der Waals surface area (Å²) in [4.78, 5) is 22.9. The number of hydrogen-bond donors (Lipinski definition) is 1. The summed E-state index contributed by atoms with van der Waals surface area (Å²) < 4.78 is 5.37. The lowest BCUT2D eigenvalue weighted by Crippen LogP contribution is -2.44. The largest absolute Gasteiger partial charge is 0.481 e. The van der Waals surface area contributed by atoms with Crippen molar-refractivity contribution in [2.24, 2.45) is 0 Å². The minimum Gasteiger partial charge on any atom is -0.481 e. The molecule has 1 aliphatic rings. The van der Waals surface area contributed by atoms with Crippen LogP contribution in [-0.2, 0) is 14.3 Å². The van der Waals surface area contributed by atoms with E-state index in [1.807, 2.05) is 59.5 Å². The molecular weight excluding hydrogens is 413 g/mol. The molecule has 29 heavy (non-hydrogen) atoms. The van der Waals surface area contributed by atoms with Gasteiger partial charge >= 0.3 is 0 Å². The van der Waals surface area contributed by atoms with Crippen molar-refractivity contribution in [2.75, 3.05) is 19.8 Å². The van der Waals surface area contributed by atoms with Gasteiger partial charge in [0.05, 0.1) is 12.6 Å². The Bertz CT molecular complexity index is 734. The van der Waals surface area contributed by atoms with Crippen LogP contribution in [0.15, 0.2) is 54.6 Å².